The van der Waals surface area contributed by atoms with Crippen LogP contribution in [0, 0.1) is 0 Å². The summed E-state index contributed by atoms with van der Waals surface area (Å²) in [4.78, 5) is 15.0. The highest BCUT2D eigenvalue weighted by Gasteiger charge is 2.38. The Hall–Kier alpha value is -1.64. The smallest absolute Gasteiger partial charge is 0.319 e. The highest BCUT2D eigenvalue weighted by molar-refractivity contribution is 7.89. The fourth-order valence-electron chi connectivity index (χ4n) is 4.33. The van der Waals surface area contributed by atoms with Crippen LogP contribution in [-0.4, -0.2) is 44.5 Å². The van der Waals surface area contributed by atoms with E-state index in [1.165, 1.54) is 50.7 Å². The van der Waals surface area contributed by atoms with E-state index in [1.54, 1.807) is 12.1 Å². The van der Waals surface area contributed by atoms with Crippen molar-refractivity contribution in [1.29, 1.82) is 0 Å². The van der Waals surface area contributed by atoms with E-state index in [-0.39, 0.29) is 16.5 Å². The Labute approximate surface area is 161 Å². The predicted molar refractivity (Wildman–Crippen MR) is 106 cm³/mol. The number of carbonyl (C=O) groups excluding carboxylic acids is 1. The maximum atomic E-state index is 12.4. The van der Waals surface area contributed by atoms with Crippen LogP contribution < -0.4 is 15.8 Å². The largest absolute Gasteiger partial charge is 0.336 e. The van der Waals surface area contributed by atoms with E-state index in [4.69, 9.17) is 5.14 Å². The quantitative estimate of drug-likeness (QED) is 0.714. The third-order valence-electron chi connectivity index (χ3n) is 5.83. The van der Waals surface area contributed by atoms with Crippen molar-refractivity contribution in [3.63, 3.8) is 0 Å². The number of anilines is 1. The van der Waals surface area contributed by atoms with Gasteiger partial charge in [-0.25, -0.2) is 18.4 Å². The molecule has 0 atom stereocenters. The van der Waals surface area contributed by atoms with Crippen molar-refractivity contribution in [1.82, 2.24) is 10.2 Å². The van der Waals surface area contributed by atoms with Crippen LogP contribution >= 0.6 is 0 Å². The number of primary sulfonamides is 1. The van der Waals surface area contributed by atoms with Crippen LogP contribution in [0.15, 0.2) is 29.2 Å². The molecule has 0 aromatic heterocycles. The lowest BCUT2D eigenvalue weighted by atomic mass is 9.79. The van der Waals surface area contributed by atoms with Gasteiger partial charge < -0.3 is 10.6 Å². The van der Waals surface area contributed by atoms with Crippen molar-refractivity contribution < 1.29 is 13.2 Å². The van der Waals surface area contributed by atoms with Crippen molar-refractivity contribution in [2.24, 2.45) is 5.14 Å². The number of hydrogen-bond donors (Lipinski definition) is 3. The molecule has 1 saturated carbocycles. The van der Waals surface area contributed by atoms with E-state index in [1.807, 2.05) is 0 Å². The van der Waals surface area contributed by atoms with Gasteiger partial charge in [-0.1, -0.05) is 25.7 Å². The van der Waals surface area contributed by atoms with Crippen molar-refractivity contribution in [2.45, 2.75) is 61.8 Å². The molecule has 2 fully saturated rings. The van der Waals surface area contributed by atoms with Crippen LogP contribution in [0.25, 0.3) is 0 Å². The summed E-state index contributed by atoms with van der Waals surface area (Å²) in [6.45, 7) is 2.89. The van der Waals surface area contributed by atoms with Gasteiger partial charge in [0.05, 0.1) is 4.90 Å². The first-order valence-corrected chi connectivity index (χ1v) is 11.4. The Morgan fingerprint density at radius 1 is 1.00 bits per heavy atom. The van der Waals surface area contributed by atoms with Crippen LogP contribution in [0.1, 0.15) is 51.4 Å². The molecule has 4 N–H and O–H groups in total. The molecule has 1 aromatic carbocycles. The number of amides is 2. The second-order valence-corrected chi connectivity index (χ2v) is 9.27. The standard InChI is InChI=1S/C19H30N4O3S/c20-27(25,26)17-9-7-16(8-10-17)22-18(24)21-15-19(11-3-1-4-12-19)23-13-5-2-6-14-23/h7-10H,1-6,11-15H2,(H2,20,25,26)(H2,21,22,24). The molecular formula is C19H30N4O3S. The molecule has 2 aliphatic rings. The van der Waals surface area contributed by atoms with Crippen LogP contribution in [0.5, 0.6) is 0 Å². The molecule has 0 bridgehead atoms. The maximum absolute atomic E-state index is 12.4. The maximum Gasteiger partial charge on any atom is 0.319 e. The molecule has 8 heteroatoms. The third kappa shape index (κ3) is 5.21. The fraction of sp³-hybridized carbons (Fsp3) is 0.632. The number of carbonyl (C=O) groups is 1. The monoisotopic (exact) mass is 394 g/mol. The molecule has 7 nitrogen and oxygen atoms in total. The number of nitrogens with zero attached hydrogens (tertiary/aromatic N) is 1. The normalized spacial score (nSPS) is 20.8. The second-order valence-electron chi connectivity index (χ2n) is 7.71. The molecule has 1 heterocycles. The molecule has 1 aromatic rings. The number of hydrogen-bond acceptors (Lipinski definition) is 4. The summed E-state index contributed by atoms with van der Waals surface area (Å²) in [6.07, 6.45) is 9.76. The van der Waals surface area contributed by atoms with Gasteiger partial charge in [-0.3, -0.25) is 4.90 Å². The molecule has 3 rings (SSSR count). The first kappa shape index (κ1) is 20.1. The summed E-state index contributed by atoms with van der Waals surface area (Å²) >= 11 is 0. The van der Waals surface area contributed by atoms with Gasteiger partial charge in [-0.15, -0.1) is 0 Å². The molecular weight excluding hydrogens is 364 g/mol. The van der Waals surface area contributed by atoms with Crippen LogP contribution in [0.4, 0.5) is 10.5 Å². The van der Waals surface area contributed by atoms with Gasteiger partial charge >= 0.3 is 6.03 Å². The average molecular weight is 395 g/mol. The predicted octanol–water partition coefficient (Wildman–Crippen LogP) is 2.64. The van der Waals surface area contributed by atoms with E-state index < -0.39 is 10.0 Å². The molecule has 27 heavy (non-hydrogen) atoms. The van der Waals surface area contributed by atoms with Gasteiger partial charge in [0.15, 0.2) is 0 Å². The minimum atomic E-state index is -3.73. The van der Waals surface area contributed by atoms with Gasteiger partial charge in [-0.05, 0) is 63.0 Å². The van der Waals surface area contributed by atoms with E-state index in [0.717, 1.165) is 25.9 Å². The van der Waals surface area contributed by atoms with E-state index in [2.05, 4.69) is 15.5 Å². The zero-order valence-electron chi connectivity index (χ0n) is 15.7. The summed E-state index contributed by atoms with van der Waals surface area (Å²) in [5.74, 6) is 0. The molecule has 2 amide bonds. The van der Waals surface area contributed by atoms with Crippen molar-refractivity contribution in [3.8, 4) is 0 Å². The van der Waals surface area contributed by atoms with Crippen molar-refractivity contribution in [2.75, 3.05) is 25.0 Å². The number of rotatable bonds is 5. The first-order chi connectivity index (χ1) is 12.9. The minimum absolute atomic E-state index is 0.0275. The molecule has 150 valence electrons. The Balaban J connectivity index is 1.59. The fourth-order valence-corrected chi connectivity index (χ4v) is 4.85. The number of nitrogens with one attached hydrogen (secondary N) is 2. The van der Waals surface area contributed by atoms with Crippen LogP contribution in [0.2, 0.25) is 0 Å². The first-order valence-electron chi connectivity index (χ1n) is 9.82. The number of piperidine rings is 1. The lowest BCUT2D eigenvalue weighted by molar-refractivity contribution is 0.0358. The molecule has 0 radical (unpaired) electrons. The Morgan fingerprint density at radius 3 is 2.19 bits per heavy atom. The molecule has 0 unspecified atom stereocenters. The number of urea groups is 1. The molecule has 1 saturated heterocycles. The number of sulfonamides is 1. The Morgan fingerprint density at radius 2 is 1.59 bits per heavy atom. The van der Waals surface area contributed by atoms with E-state index >= 15 is 0 Å². The van der Waals surface area contributed by atoms with Crippen LogP contribution in [-0.2, 0) is 10.0 Å². The van der Waals surface area contributed by atoms with Crippen molar-refractivity contribution in [3.05, 3.63) is 24.3 Å². The van der Waals surface area contributed by atoms with Gasteiger partial charge in [0.1, 0.15) is 0 Å². The summed E-state index contributed by atoms with van der Waals surface area (Å²) in [5.41, 5.74) is 0.614. The molecule has 0 spiro atoms. The minimum Gasteiger partial charge on any atom is -0.336 e. The highest BCUT2D eigenvalue weighted by Crippen LogP contribution is 2.35. The van der Waals surface area contributed by atoms with Gasteiger partial charge in [0.25, 0.3) is 0 Å². The summed E-state index contributed by atoms with van der Waals surface area (Å²) in [5, 5.41) is 10.9. The summed E-state index contributed by atoms with van der Waals surface area (Å²) < 4.78 is 22.6. The van der Waals surface area contributed by atoms with E-state index in [9.17, 15) is 13.2 Å². The van der Waals surface area contributed by atoms with Crippen LogP contribution in [0.3, 0.4) is 0 Å². The van der Waals surface area contributed by atoms with Gasteiger partial charge in [0, 0.05) is 17.8 Å². The highest BCUT2D eigenvalue weighted by atomic mass is 32.2. The topological polar surface area (TPSA) is 105 Å². The Bertz CT molecular complexity index is 737. The summed E-state index contributed by atoms with van der Waals surface area (Å²) in [7, 11) is -3.73. The second kappa shape index (κ2) is 8.58. The van der Waals surface area contributed by atoms with Crippen molar-refractivity contribution >= 4 is 21.7 Å². The Kier molecular flexibility index (Phi) is 6.39. The van der Waals surface area contributed by atoms with Gasteiger partial charge in [-0.2, -0.15) is 0 Å². The summed E-state index contributed by atoms with van der Waals surface area (Å²) in [6, 6.07) is 5.60. The number of nitrogens with two attached hydrogens (primary N) is 1. The lowest BCUT2D eigenvalue weighted by Gasteiger charge is -2.48. The SMILES string of the molecule is NS(=O)(=O)c1ccc(NC(=O)NCC2(N3CCCCC3)CCCCC2)cc1. The number of likely N-dealkylation sites (tertiary alicyclic amines) is 1. The average Bonchev–Trinajstić information content (AvgIpc) is 2.68. The zero-order chi connectivity index (χ0) is 19.3. The molecule has 1 aliphatic heterocycles. The number of benzene rings is 1. The van der Waals surface area contributed by atoms with Gasteiger partial charge in [0.2, 0.25) is 10.0 Å². The third-order valence-corrected chi connectivity index (χ3v) is 6.76. The lowest BCUT2D eigenvalue weighted by Crippen LogP contribution is -2.58. The molecule has 1 aliphatic carbocycles. The zero-order valence-corrected chi connectivity index (χ0v) is 16.6. The van der Waals surface area contributed by atoms with E-state index in [0.29, 0.717) is 12.2 Å².